The maximum absolute atomic E-state index is 13.2. The molecule has 0 aliphatic carbocycles. The van der Waals surface area contributed by atoms with Crippen molar-refractivity contribution in [1.82, 2.24) is 9.80 Å². The molecule has 34 heavy (non-hydrogen) atoms. The topological polar surface area (TPSA) is 42.0 Å². The molecule has 1 saturated heterocycles. The minimum Gasteiger partial charge on any atom is -0.497 e. The highest BCUT2D eigenvalue weighted by Crippen LogP contribution is 2.25. The number of ether oxygens (including phenoxy) is 2. The van der Waals surface area contributed by atoms with Gasteiger partial charge in [-0.15, -0.1) is 12.4 Å². The molecule has 4 rings (SSSR count). The standard InChI is InChI=1S/C28H38N2O3.ClH/c1-21-17-24-12-15-30(28(31)27(24)18-22(21)2)20-23-7-4-5-13-29(19-23)14-6-16-33-26-10-8-25(32-3)9-11-26;/h8-11,17-18,23H,4-7,12-16,19-20H2,1-3H3;1H. The molecule has 2 heterocycles. The number of rotatable bonds is 8. The highest BCUT2D eigenvalue weighted by atomic mass is 35.5. The van der Waals surface area contributed by atoms with Crippen molar-refractivity contribution in [3.8, 4) is 11.5 Å². The Bertz CT molecular complexity index is 947. The summed E-state index contributed by atoms with van der Waals surface area (Å²) >= 11 is 0. The zero-order valence-corrected chi connectivity index (χ0v) is 21.7. The van der Waals surface area contributed by atoms with Crippen molar-refractivity contribution >= 4 is 18.3 Å². The Morgan fingerprint density at radius 2 is 1.74 bits per heavy atom. The van der Waals surface area contributed by atoms with Gasteiger partial charge in [0.2, 0.25) is 0 Å². The summed E-state index contributed by atoms with van der Waals surface area (Å²) in [6.45, 7) is 9.94. The van der Waals surface area contributed by atoms with Crippen molar-refractivity contribution < 1.29 is 14.3 Å². The number of carbonyl (C=O) groups excluding carboxylic acids is 1. The summed E-state index contributed by atoms with van der Waals surface area (Å²) in [5.74, 6) is 2.51. The van der Waals surface area contributed by atoms with E-state index < -0.39 is 0 Å². The predicted molar refractivity (Wildman–Crippen MR) is 140 cm³/mol. The molecule has 2 aliphatic rings. The molecular formula is C28H39ClN2O3. The van der Waals surface area contributed by atoms with Crippen LogP contribution in [-0.4, -0.2) is 62.1 Å². The monoisotopic (exact) mass is 486 g/mol. The van der Waals surface area contributed by atoms with Crippen LogP contribution in [0.5, 0.6) is 11.5 Å². The van der Waals surface area contributed by atoms with Gasteiger partial charge in [0.25, 0.3) is 5.91 Å². The normalized spacial score (nSPS) is 18.6. The molecule has 6 heteroatoms. The minimum absolute atomic E-state index is 0. The van der Waals surface area contributed by atoms with Crippen molar-refractivity contribution in [3.05, 3.63) is 58.7 Å². The first-order valence-corrected chi connectivity index (χ1v) is 12.4. The third kappa shape index (κ3) is 6.67. The van der Waals surface area contributed by atoms with Crippen LogP contribution in [0.1, 0.15) is 52.7 Å². The fourth-order valence-corrected chi connectivity index (χ4v) is 5.11. The molecule has 0 aromatic heterocycles. The van der Waals surface area contributed by atoms with Gasteiger partial charge in [-0.25, -0.2) is 0 Å². The Labute approximate surface area is 210 Å². The third-order valence-corrected chi connectivity index (χ3v) is 7.17. The summed E-state index contributed by atoms with van der Waals surface area (Å²) in [5, 5.41) is 0. The number of hydrogen-bond acceptors (Lipinski definition) is 4. The smallest absolute Gasteiger partial charge is 0.254 e. The summed E-state index contributed by atoms with van der Waals surface area (Å²) in [5.41, 5.74) is 4.64. The van der Waals surface area contributed by atoms with Crippen molar-refractivity contribution in [3.63, 3.8) is 0 Å². The molecule has 5 nitrogen and oxygen atoms in total. The minimum atomic E-state index is 0. The molecule has 0 N–H and O–H groups in total. The van der Waals surface area contributed by atoms with Gasteiger partial charge in [-0.1, -0.05) is 12.5 Å². The number of likely N-dealkylation sites (tertiary alicyclic amines) is 1. The summed E-state index contributed by atoms with van der Waals surface area (Å²) in [6.07, 6.45) is 5.68. The van der Waals surface area contributed by atoms with Gasteiger partial charge < -0.3 is 19.3 Å². The molecule has 1 atom stereocenters. The number of benzene rings is 2. The lowest BCUT2D eigenvalue weighted by atomic mass is 9.93. The van der Waals surface area contributed by atoms with Crippen molar-refractivity contribution in [2.45, 2.75) is 46.0 Å². The van der Waals surface area contributed by atoms with Gasteiger partial charge >= 0.3 is 0 Å². The molecule has 1 amide bonds. The Kier molecular flexibility index (Phi) is 9.66. The van der Waals surface area contributed by atoms with E-state index in [0.717, 1.165) is 62.6 Å². The van der Waals surface area contributed by atoms with Gasteiger partial charge in [0.1, 0.15) is 11.5 Å². The second-order valence-corrected chi connectivity index (χ2v) is 9.63. The molecule has 0 spiro atoms. The second-order valence-electron chi connectivity index (χ2n) is 9.63. The van der Waals surface area contributed by atoms with E-state index in [2.05, 4.69) is 35.8 Å². The van der Waals surface area contributed by atoms with Crippen molar-refractivity contribution in [2.75, 3.05) is 46.4 Å². The van der Waals surface area contributed by atoms with Gasteiger partial charge in [-0.3, -0.25) is 4.79 Å². The quantitative estimate of drug-likeness (QED) is 0.474. The largest absolute Gasteiger partial charge is 0.497 e. The van der Waals surface area contributed by atoms with Gasteiger partial charge in [-0.05, 0) is 99.0 Å². The maximum atomic E-state index is 13.2. The van der Waals surface area contributed by atoms with Crippen LogP contribution < -0.4 is 9.47 Å². The number of methoxy groups -OCH3 is 1. The highest BCUT2D eigenvalue weighted by Gasteiger charge is 2.28. The highest BCUT2D eigenvalue weighted by molar-refractivity contribution is 5.97. The number of carbonyl (C=O) groups is 1. The van der Waals surface area contributed by atoms with Crippen LogP contribution in [0.25, 0.3) is 0 Å². The molecule has 0 radical (unpaired) electrons. The summed E-state index contributed by atoms with van der Waals surface area (Å²) in [7, 11) is 1.67. The van der Waals surface area contributed by atoms with Crippen LogP contribution in [-0.2, 0) is 6.42 Å². The maximum Gasteiger partial charge on any atom is 0.254 e. The Hall–Kier alpha value is -2.24. The zero-order valence-electron chi connectivity index (χ0n) is 20.8. The van der Waals surface area contributed by atoms with Crippen LogP contribution in [0.2, 0.25) is 0 Å². The number of nitrogens with zero attached hydrogens (tertiary/aromatic N) is 2. The first-order valence-electron chi connectivity index (χ1n) is 12.4. The van der Waals surface area contributed by atoms with Crippen molar-refractivity contribution in [1.29, 1.82) is 0 Å². The van der Waals surface area contributed by atoms with E-state index >= 15 is 0 Å². The van der Waals surface area contributed by atoms with Crippen LogP contribution in [0, 0.1) is 19.8 Å². The lowest BCUT2D eigenvalue weighted by Crippen LogP contribution is -2.43. The summed E-state index contributed by atoms with van der Waals surface area (Å²) < 4.78 is 11.1. The number of halogens is 1. The van der Waals surface area contributed by atoms with Crippen LogP contribution in [0.3, 0.4) is 0 Å². The molecule has 0 saturated carbocycles. The fraction of sp³-hybridized carbons (Fsp3) is 0.536. The average Bonchev–Trinajstić information content (AvgIpc) is 3.05. The van der Waals surface area contributed by atoms with E-state index in [1.54, 1.807) is 7.11 Å². The number of hydrogen-bond donors (Lipinski definition) is 0. The Morgan fingerprint density at radius 1 is 1.00 bits per heavy atom. The molecule has 0 bridgehead atoms. The Balaban J connectivity index is 0.00000324. The average molecular weight is 487 g/mol. The predicted octanol–water partition coefficient (Wildman–Crippen LogP) is 5.30. The van der Waals surface area contributed by atoms with E-state index in [9.17, 15) is 4.79 Å². The lowest BCUT2D eigenvalue weighted by molar-refractivity contribution is 0.0695. The fourth-order valence-electron chi connectivity index (χ4n) is 5.11. The molecule has 2 aromatic carbocycles. The zero-order chi connectivity index (χ0) is 23.2. The van der Waals surface area contributed by atoms with Crippen LogP contribution >= 0.6 is 12.4 Å². The molecular weight excluding hydrogens is 448 g/mol. The molecule has 1 unspecified atom stereocenters. The first-order chi connectivity index (χ1) is 16.0. The molecule has 2 aliphatic heterocycles. The van der Waals surface area contributed by atoms with E-state index in [0.29, 0.717) is 12.5 Å². The molecule has 1 fully saturated rings. The number of amides is 1. The SMILES string of the molecule is COc1ccc(OCCCN2CCCCC(CN3CCc4cc(C)c(C)cc4C3=O)C2)cc1.Cl. The van der Waals surface area contributed by atoms with E-state index in [1.165, 1.54) is 36.0 Å². The number of fused-ring (bicyclic) bond motifs is 1. The Morgan fingerprint density at radius 3 is 2.50 bits per heavy atom. The van der Waals surface area contributed by atoms with Gasteiger partial charge in [-0.2, -0.15) is 0 Å². The number of aryl methyl sites for hydroxylation is 2. The summed E-state index contributed by atoms with van der Waals surface area (Å²) in [4.78, 5) is 17.9. The van der Waals surface area contributed by atoms with Crippen LogP contribution in [0.15, 0.2) is 36.4 Å². The molecule has 186 valence electrons. The first kappa shape index (κ1) is 26.4. The van der Waals surface area contributed by atoms with E-state index in [-0.39, 0.29) is 18.3 Å². The van der Waals surface area contributed by atoms with Crippen LogP contribution in [0.4, 0.5) is 0 Å². The second kappa shape index (κ2) is 12.5. The van der Waals surface area contributed by atoms with Gasteiger partial charge in [0.15, 0.2) is 0 Å². The van der Waals surface area contributed by atoms with E-state index in [1.807, 2.05) is 24.3 Å². The lowest BCUT2D eigenvalue weighted by Gasteiger charge is -2.33. The molecule has 2 aromatic rings. The van der Waals surface area contributed by atoms with Crippen molar-refractivity contribution in [2.24, 2.45) is 5.92 Å². The third-order valence-electron chi connectivity index (χ3n) is 7.17. The summed E-state index contributed by atoms with van der Waals surface area (Å²) in [6, 6.07) is 12.1. The van der Waals surface area contributed by atoms with E-state index in [4.69, 9.17) is 9.47 Å². The van der Waals surface area contributed by atoms with Gasteiger partial charge in [0, 0.05) is 31.7 Å². The van der Waals surface area contributed by atoms with Gasteiger partial charge in [0.05, 0.1) is 13.7 Å².